The van der Waals surface area contributed by atoms with Crippen molar-refractivity contribution in [3.63, 3.8) is 0 Å². The maximum atomic E-state index is 12.6. The van der Waals surface area contributed by atoms with Crippen molar-refractivity contribution in [2.24, 2.45) is 5.92 Å². The molecular formula is C24H29N3O3. The highest BCUT2D eigenvalue weighted by Crippen LogP contribution is 2.33. The molecular weight excluding hydrogens is 378 g/mol. The van der Waals surface area contributed by atoms with Gasteiger partial charge in [-0.25, -0.2) is 0 Å². The maximum absolute atomic E-state index is 12.6. The lowest BCUT2D eigenvalue weighted by Crippen LogP contribution is -2.42. The van der Waals surface area contributed by atoms with Crippen molar-refractivity contribution < 1.29 is 14.4 Å². The molecule has 0 saturated carbocycles. The Hall–Kier alpha value is -2.99. The van der Waals surface area contributed by atoms with E-state index in [-0.39, 0.29) is 23.5 Å². The molecule has 6 heteroatoms. The number of ketones is 2. The SMILES string of the molecule is CC(=O)C(C(C)=O)C(c1ccc(C(=O)Nc2ccccc2N)cc1)N1CCCCC1. The van der Waals surface area contributed by atoms with Gasteiger partial charge in [0.2, 0.25) is 0 Å². The van der Waals surface area contributed by atoms with Gasteiger partial charge < -0.3 is 11.1 Å². The van der Waals surface area contributed by atoms with Crippen molar-refractivity contribution in [1.82, 2.24) is 4.90 Å². The highest BCUT2D eigenvalue weighted by molar-refractivity contribution is 6.05. The smallest absolute Gasteiger partial charge is 0.255 e. The molecule has 1 aliphatic heterocycles. The van der Waals surface area contributed by atoms with Gasteiger partial charge in [0.25, 0.3) is 5.91 Å². The summed E-state index contributed by atoms with van der Waals surface area (Å²) < 4.78 is 0. The van der Waals surface area contributed by atoms with E-state index in [4.69, 9.17) is 5.73 Å². The minimum Gasteiger partial charge on any atom is -0.397 e. The summed E-state index contributed by atoms with van der Waals surface area (Å²) in [6.45, 7) is 4.68. The summed E-state index contributed by atoms with van der Waals surface area (Å²) in [5.41, 5.74) is 8.32. The first kappa shape index (κ1) is 21.7. The zero-order valence-electron chi connectivity index (χ0n) is 17.6. The number of piperidine rings is 1. The lowest BCUT2D eigenvalue weighted by molar-refractivity contribution is -0.133. The quantitative estimate of drug-likeness (QED) is 0.537. The zero-order chi connectivity index (χ0) is 21.7. The fourth-order valence-electron chi connectivity index (χ4n) is 4.18. The Balaban J connectivity index is 1.86. The van der Waals surface area contributed by atoms with Crippen LogP contribution in [0.4, 0.5) is 11.4 Å². The number of nitrogens with two attached hydrogens (primary N) is 1. The Morgan fingerprint density at radius 2 is 1.50 bits per heavy atom. The number of benzene rings is 2. The van der Waals surface area contributed by atoms with Gasteiger partial charge in [-0.05, 0) is 69.6 Å². The lowest BCUT2D eigenvalue weighted by atomic mass is 9.84. The van der Waals surface area contributed by atoms with Crippen molar-refractivity contribution in [2.75, 3.05) is 24.1 Å². The van der Waals surface area contributed by atoms with Crippen molar-refractivity contribution in [3.05, 3.63) is 59.7 Å². The van der Waals surface area contributed by atoms with Gasteiger partial charge >= 0.3 is 0 Å². The normalized spacial score (nSPS) is 15.6. The van der Waals surface area contributed by atoms with Crippen LogP contribution < -0.4 is 11.1 Å². The van der Waals surface area contributed by atoms with Crippen LogP contribution in [0.3, 0.4) is 0 Å². The van der Waals surface area contributed by atoms with E-state index in [0.717, 1.165) is 37.9 Å². The average molecular weight is 408 g/mol. The molecule has 0 radical (unpaired) electrons. The predicted molar refractivity (Wildman–Crippen MR) is 118 cm³/mol. The molecule has 3 rings (SSSR count). The number of nitrogens with zero attached hydrogens (tertiary/aromatic N) is 1. The number of carbonyl (C=O) groups is 3. The number of hydrogen-bond donors (Lipinski definition) is 2. The van der Waals surface area contributed by atoms with E-state index in [1.54, 1.807) is 30.3 Å². The number of likely N-dealkylation sites (tertiary alicyclic amines) is 1. The molecule has 1 amide bonds. The molecule has 0 aromatic heterocycles. The van der Waals surface area contributed by atoms with Crippen molar-refractivity contribution in [2.45, 2.75) is 39.2 Å². The summed E-state index contributed by atoms with van der Waals surface area (Å²) in [4.78, 5) is 39.5. The highest BCUT2D eigenvalue weighted by atomic mass is 16.2. The van der Waals surface area contributed by atoms with Gasteiger partial charge in [-0.3, -0.25) is 19.3 Å². The third-order valence-corrected chi connectivity index (χ3v) is 5.70. The van der Waals surface area contributed by atoms with E-state index in [0.29, 0.717) is 16.9 Å². The molecule has 1 heterocycles. The molecule has 3 N–H and O–H groups in total. The standard InChI is InChI=1S/C24H29N3O3/c1-16(28)22(17(2)29)23(27-14-6-3-7-15-27)18-10-12-19(13-11-18)24(30)26-21-9-5-4-8-20(21)25/h4-5,8-13,22-23H,3,6-7,14-15,25H2,1-2H3,(H,26,30). The Labute approximate surface area is 177 Å². The van der Waals surface area contributed by atoms with Gasteiger partial charge in [0.1, 0.15) is 11.6 Å². The lowest BCUT2D eigenvalue weighted by Gasteiger charge is -2.38. The summed E-state index contributed by atoms with van der Waals surface area (Å²) in [6.07, 6.45) is 3.27. The molecule has 2 aromatic rings. The second-order valence-electron chi connectivity index (χ2n) is 7.90. The fraction of sp³-hybridized carbons (Fsp3) is 0.375. The van der Waals surface area contributed by atoms with Gasteiger partial charge in [-0.2, -0.15) is 0 Å². The number of hydrogen-bond acceptors (Lipinski definition) is 5. The number of Topliss-reactive ketones (excluding diaryl/α,β-unsaturated/α-hetero) is 2. The average Bonchev–Trinajstić information content (AvgIpc) is 2.73. The minimum absolute atomic E-state index is 0.126. The minimum atomic E-state index is -0.702. The molecule has 1 unspecified atom stereocenters. The summed E-state index contributed by atoms with van der Waals surface area (Å²) in [7, 11) is 0. The Morgan fingerprint density at radius 1 is 0.900 bits per heavy atom. The Kier molecular flexibility index (Phi) is 7.00. The number of anilines is 2. The third-order valence-electron chi connectivity index (χ3n) is 5.70. The van der Waals surface area contributed by atoms with Gasteiger partial charge in [-0.1, -0.05) is 30.7 Å². The molecule has 1 saturated heterocycles. The van der Waals surface area contributed by atoms with Crippen LogP contribution >= 0.6 is 0 Å². The number of rotatable bonds is 7. The second kappa shape index (κ2) is 9.67. The molecule has 1 aliphatic rings. The molecule has 2 aromatic carbocycles. The van der Waals surface area contributed by atoms with Crippen LogP contribution in [-0.4, -0.2) is 35.5 Å². The van der Waals surface area contributed by atoms with E-state index in [1.165, 1.54) is 13.8 Å². The molecule has 6 nitrogen and oxygen atoms in total. The van der Waals surface area contributed by atoms with Gasteiger partial charge in [0, 0.05) is 5.56 Å². The largest absolute Gasteiger partial charge is 0.397 e. The van der Waals surface area contributed by atoms with Crippen LogP contribution in [0.1, 0.15) is 55.1 Å². The van der Waals surface area contributed by atoms with Crippen LogP contribution in [0.25, 0.3) is 0 Å². The number of para-hydroxylation sites is 2. The molecule has 1 fully saturated rings. The molecule has 30 heavy (non-hydrogen) atoms. The zero-order valence-corrected chi connectivity index (χ0v) is 17.6. The first-order chi connectivity index (χ1) is 14.4. The van der Waals surface area contributed by atoms with Crippen LogP contribution in [0, 0.1) is 5.92 Å². The predicted octanol–water partition coefficient (Wildman–Crippen LogP) is 3.84. The van der Waals surface area contributed by atoms with Crippen molar-refractivity contribution in [3.8, 4) is 0 Å². The Bertz CT molecular complexity index is 904. The van der Waals surface area contributed by atoms with Crippen LogP contribution in [-0.2, 0) is 9.59 Å². The van der Waals surface area contributed by atoms with E-state index >= 15 is 0 Å². The summed E-state index contributed by atoms with van der Waals surface area (Å²) in [6, 6.07) is 14.0. The molecule has 0 spiro atoms. The fourth-order valence-corrected chi connectivity index (χ4v) is 4.18. The third kappa shape index (κ3) is 4.94. The van der Waals surface area contributed by atoms with Crippen LogP contribution in [0.2, 0.25) is 0 Å². The summed E-state index contributed by atoms with van der Waals surface area (Å²) in [5, 5.41) is 2.82. The first-order valence-corrected chi connectivity index (χ1v) is 10.4. The van der Waals surface area contributed by atoms with Crippen LogP contribution in [0.15, 0.2) is 48.5 Å². The molecule has 1 atom stereocenters. The topological polar surface area (TPSA) is 92.5 Å². The number of nitrogen functional groups attached to an aromatic ring is 1. The van der Waals surface area contributed by atoms with E-state index in [2.05, 4.69) is 10.2 Å². The number of nitrogens with one attached hydrogen (secondary N) is 1. The monoisotopic (exact) mass is 407 g/mol. The molecule has 158 valence electrons. The number of amides is 1. The summed E-state index contributed by atoms with van der Waals surface area (Å²) >= 11 is 0. The van der Waals surface area contributed by atoms with Crippen molar-refractivity contribution >= 4 is 28.8 Å². The highest BCUT2D eigenvalue weighted by Gasteiger charge is 2.35. The summed E-state index contributed by atoms with van der Waals surface area (Å²) in [5.74, 6) is -1.21. The van der Waals surface area contributed by atoms with Gasteiger partial charge in [0.15, 0.2) is 0 Å². The van der Waals surface area contributed by atoms with Gasteiger partial charge in [0.05, 0.1) is 23.3 Å². The first-order valence-electron chi connectivity index (χ1n) is 10.4. The molecule has 0 bridgehead atoms. The molecule has 0 aliphatic carbocycles. The van der Waals surface area contributed by atoms with E-state index < -0.39 is 5.92 Å². The van der Waals surface area contributed by atoms with Gasteiger partial charge in [-0.15, -0.1) is 0 Å². The maximum Gasteiger partial charge on any atom is 0.255 e. The van der Waals surface area contributed by atoms with Crippen molar-refractivity contribution in [1.29, 1.82) is 0 Å². The second-order valence-corrected chi connectivity index (χ2v) is 7.90. The number of carbonyl (C=O) groups excluding carboxylic acids is 3. The Morgan fingerprint density at radius 3 is 2.07 bits per heavy atom. The van der Waals surface area contributed by atoms with Crippen LogP contribution in [0.5, 0.6) is 0 Å². The van der Waals surface area contributed by atoms with E-state index in [9.17, 15) is 14.4 Å². The van der Waals surface area contributed by atoms with E-state index in [1.807, 2.05) is 18.2 Å².